The van der Waals surface area contributed by atoms with Crippen molar-refractivity contribution < 1.29 is 14.6 Å². The summed E-state index contributed by atoms with van der Waals surface area (Å²) >= 11 is 1.61. The van der Waals surface area contributed by atoms with E-state index in [9.17, 15) is 4.79 Å². The Morgan fingerprint density at radius 1 is 1.48 bits per heavy atom. The van der Waals surface area contributed by atoms with Crippen LogP contribution in [-0.4, -0.2) is 23.2 Å². The molecule has 0 bridgehead atoms. The first-order valence-electron chi connectivity index (χ1n) is 7.47. The fourth-order valence-corrected chi connectivity index (χ4v) is 4.47. The average Bonchev–Trinajstić information content (AvgIpc) is 3.02. The second-order valence-electron chi connectivity index (χ2n) is 7.29. The Hall–Kier alpha value is -0.910. The third-order valence-electron chi connectivity index (χ3n) is 4.24. The number of rotatable bonds is 3. The Bertz CT molecular complexity index is 576. The van der Waals surface area contributed by atoms with Crippen molar-refractivity contribution in [2.75, 3.05) is 11.9 Å². The van der Waals surface area contributed by atoms with Crippen LogP contribution in [0.1, 0.15) is 44.6 Å². The predicted molar refractivity (Wildman–Crippen MR) is 83.5 cm³/mol. The number of anilines is 1. The molecule has 2 N–H and O–H groups in total. The van der Waals surface area contributed by atoms with Crippen LogP contribution in [0.4, 0.5) is 5.00 Å². The van der Waals surface area contributed by atoms with Crippen molar-refractivity contribution in [1.29, 1.82) is 0 Å². The second kappa shape index (κ2) is 4.80. The van der Waals surface area contributed by atoms with Crippen LogP contribution in [-0.2, 0) is 21.6 Å². The minimum absolute atomic E-state index is 0.0187. The summed E-state index contributed by atoms with van der Waals surface area (Å²) in [4.78, 5) is 13.3. The highest BCUT2D eigenvalue weighted by molar-refractivity contribution is 7.16. The predicted octanol–water partition coefficient (Wildman–Crippen LogP) is 2.90. The number of nitrogens with one attached hydrogen (secondary N) is 1. The zero-order valence-electron chi connectivity index (χ0n) is 13.0. The van der Waals surface area contributed by atoms with E-state index >= 15 is 0 Å². The Balaban J connectivity index is 1.78. The van der Waals surface area contributed by atoms with Gasteiger partial charge in [0.05, 0.1) is 16.2 Å². The number of aliphatic hydroxyl groups is 1. The number of carbonyl (C=O) groups excluding carboxylic acids is 1. The minimum Gasteiger partial charge on any atom is -0.396 e. The minimum atomic E-state index is -0.321. The van der Waals surface area contributed by atoms with E-state index in [1.165, 1.54) is 10.4 Å². The van der Waals surface area contributed by atoms with Gasteiger partial charge in [-0.25, -0.2) is 0 Å². The first-order chi connectivity index (χ1) is 9.72. The largest absolute Gasteiger partial charge is 0.396 e. The number of thiophene rings is 1. The maximum absolute atomic E-state index is 12.1. The molecule has 0 saturated heterocycles. The van der Waals surface area contributed by atoms with E-state index in [4.69, 9.17) is 9.84 Å². The van der Waals surface area contributed by atoms with Gasteiger partial charge in [-0.05, 0) is 51.7 Å². The monoisotopic (exact) mass is 309 g/mol. The highest BCUT2D eigenvalue weighted by Gasteiger charge is 2.43. The van der Waals surface area contributed by atoms with E-state index in [2.05, 4.69) is 39.1 Å². The van der Waals surface area contributed by atoms with Gasteiger partial charge in [-0.1, -0.05) is 0 Å². The van der Waals surface area contributed by atoms with Crippen molar-refractivity contribution in [3.63, 3.8) is 0 Å². The fraction of sp³-hybridized carbons (Fsp3) is 0.688. The van der Waals surface area contributed by atoms with Gasteiger partial charge in [-0.3, -0.25) is 4.79 Å². The Morgan fingerprint density at radius 2 is 2.19 bits per heavy atom. The van der Waals surface area contributed by atoms with Gasteiger partial charge in [0.1, 0.15) is 0 Å². The van der Waals surface area contributed by atoms with Crippen LogP contribution in [0.5, 0.6) is 0 Å². The van der Waals surface area contributed by atoms with E-state index in [0.29, 0.717) is 0 Å². The summed E-state index contributed by atoms with van der Waals surface area (Å²) in [5, 5.41) is 13.0. The molecule has 2 unspecified atom stereocenters. The molecular weight excluding hydrogens is 286 g/mol. The molecule has 1 fully saturated rings. The molecule has 1 aliphatic carbocycles. The lowest BCUT2D eigenvalue weighted by Gasteiger charge is -2.41. The molecule has 21 heavy (non-hydrogen) atoms. The third-order valence-corrected chi connectivity index (χ3v) is 5.64. The van der Waals surface area contributed by atoms with Crippen molar-refractivity contribution in [2.45, 2.75) is 51.7 Å². The first-order valence-corrected chi connectivity index (χ1v) is 8.28. The quantitative estimate of drug-likeness (QED) is 0.902. The van der Waals surface area contributed by atoms with Crippen LogP contribution in [0.2, 0.25) is 0 Å². The molecule has 2 heterocycles. The molecule has 0 spiro atoms. The summed E-state index contributed by atoms with van der Waals surface area (Å²) in [7, 11) is 0. The lowest BCUT2D eigenvalue weighted by atomic mass is 9.89. The molecule has 0 radical (unpaired) electrons. The van der Waals surface area contributed by atoms with E-state index < -0.39 is 0 Å². The van der Waals surface area contributed by atoms with Crippen LogP contribution < -0.4 is 5.32 Å². The summed E-state index contributed by atoms with van der Waals surface area (Å²) in [5.41, 5.74) is 0.765. The number of fused-ring (bicyclic) bond motifs is 1. The summed E-state index contributed by atoms with van der Waals surface area (Å²) < 4.78 is 6.16. The van der Waals surface area contributed by atoms with E-state index in [1.54, 1.807) is 11.3 Å². The Kier molecular flexibility index (Phi) is 3.43. The first kappa shape index (κ1) is 15.0. The molecule has 1 saturated carbocycles. The van der Waals surface area contributed by atoms with Crippen molar-refractivity contribution in [3.8, 4) is 0 Å². The topological polar surface area (TPSA) is 58.6 Å². The van der Waals surface area contributed by atoms with Crippen LogP contribution in [0.3, 0.4) is 0 Å². The summed E-state index contributed by atoms with van der Waals surface area (Å²) in [6.07, 6.45) is 1.66. The summed E-state index contributed by atoms with van der Waals surface area (Å²) in [6.45, 7) is 8.47. The number of hydrogen-bond donors (Lipinski definition) is 2. The van der Waals surface area contributed by atoms with Gasteiger partial charge in [0.15, 0.2) is 0 Å². The summed E-state index contributed by atoms with van der Waals surface area (Å²) in [6, 6.07) is 2.08. The Morgan fingerprint density at radius 3 is 2.81 bits per heavy atom. The smallest absolute Gasteiger partial charge is 0.228 e. The van der Waals surface area contributed by atoms with Crippen LogP contribution in [0.15, 0.2) is 6.07 Å². The molecule has 0 aromatic carbocycles. The van der Waals surface area contributed by atoms with Crippen molar-refractivity contribution >= 4 is 22.2 Å². The lowest BCUT2D eigenvalue weighted by Crippen LogP contribution is -2.41. The summed E-state index contributed by atoms with van der Waals surface area (Å²) in [5.74, 6) is 0.166. The standard InChI is InChI=1S/C16H23NO3S/c1-15(2)7-9-6-12(21-13(9)16(3,4)20-15)17-14(19)11-5-10(11)8-18/h6,10-11,18H,5,7-8H2,1-4H3,(H,17,19). The fourth-order valence-electron chi connectivity index (χ4n) is 3.35. The van der Waals surface area contributed by atoms with Gasteiger partial charge in [-0.2, -0.15) is 0 Å². The van der Waals surface area contributed by atoms with Crippen LogP contribution in [0.25, 0.3) is 0 Å². The molecule has 5 heteroatoms. The van der Waals surface area contributed by atoms with Crippen molar-refractivity contribution in [2.24, 2.45) is 11.8 Å². The van der Waals surface area contributed by atoms with E-state index in [-0.39, 0.29) is 35.6 Å². The second-order valence-corrected chi connectivity index (χ2v) is 8.34. The number of ether oxygens (including phenoxy) is 1. The number of carbonyl (C=O) groups is 1. The van der Waals surface area contributed by atoms with Gasteiger partial charge in [0.2, 0.25) is 5.91 Å². The van der Waals surface area contributed by atoms with Crippen molar-refractivity contribution in [3.05, 3.63) is 16.5 Å². The maximum Gasteiger partial charge on any atom is 0.228 e. The molecule has 2 aliphatic rings. The van der Waals surface area contributed by atoms with Gasteiger partial charge in [0, 0.05) is 23.8 Å². The van der Waals surface area contributed by atoms with Gasteiger partial charge >= 0.3 is 0 Å². The molecule has 1 aromatic rings. The van der Waals surface area contributed by atoms with E-state index in [0.717, 1.165) is 17.8 Å². The number of aliphatic hydroxyl groups excluding tert-OH is 1. The maximum atomic E-state index is 12.1. The van der Waals surface area contributed by atoms with E-state index in [1.807, 2.05) is 0 Å². The lowest BCUT2D eigenvalue weighted by molar-refractivity contribution is -0.135. The molecule has 2 atom stereocenters. The SMILES string of the molecule is CC1(C)Cc2cc(NC(=O)C3CC3CO)sc2C(C)(C)O1. The zero-order valence-corrected chi connectivity index (χ0v) is 13.8. The molecule has 4 nitrogen and oxygen atoms in total. The highest BCUT2D eigenvalue weighted by atomic mass is 32.1. The third kappa shape index (κ3) is 2.87. The molecule has 1 amide bonds. The molecule has 116 valence electrons. The van der Waals surface area contributed by atoms with Gasteiger partial charge in [0.25, 0.3) is 0 Å². The number of amides is 1. The molecular formula is C16H23NO3S. The highest BCUT2D eigenvalue weighted by Crippen LogP contribution is 2.46. The molecule has 1 aromatic heterocycles. The van der Waals surface area contributed by atoms with Crippen LogP contribution in [0, 0.1) is 11.8 Å². The van der Waals surface area contributed by atoms with Crippen LogP contribution >= 0.6 is 11.3 Å². The molecule has 1 aliphatic heterocycles. The van der Waals surface area contributed by atoms with Gasteiger partial charge < -0.3 is 15.2 Å². The normalized spacial score (nSPS) is 28.8. The van der Waals surface area contributed by atoms with Crippen molar-refractivity contribution in [1.82, 2.24) is 0 Å². The molecule has 3 rings (SSSR count). The Labute approximate surface area is 129 Å². The zero-order chi connectivity index (χ0) is 15.4. The van der Waals surface area contributed by atoms with Gasteiger partial charge in [-0.15, -0.1) is 11.3 Å². The number of hydrogen-bond acceptors (Lipinski definition) is 4. The average molecular weight is 309 g/mol.